The number of nitro groups is 1. The summed E-state index contributed by atoms with van der Waals surface area (Å²) in [6.45, 7) is 2.24. The predicted octanol–water partition coefficient (Wildman–Crippen LogP) is 5.41. The van der Waals surface area contributed by atoms with E-state index in [-0.39, 0.29) is 10.6 Å². The van der Waals surface area contributed by atoms with Gasteiger partial charge in [0.25, 0.3) is 5.69 Å². The summed E-state index contributed by atoms with van der Waals surface area (Å²) in [6.07, 6.45) is 8.54. The number of non-ortho nitro benzene ring substituents is 1. The van der Waals surface area contributed by atoms with Gasteiger partial charge in [-0.15, -0.1) is 0 Å². The zero-order valence-corrected chi connectivity index (χ0v) is 13.2. The maximum Gasteiger partial charge on any atom is 0.271 e. The standard InChI is InChI=1S/C16H23ClN2O2/c1-2-4-12-5-3-6-13(8-7-12)18-16-11-14(19(20)21)9-10-15(16)17/h9-13,18H,2-8H2,1H3. The number of benzene rings is 1. The summed E-state index contributed by atoms with van der Waals surface area (Å²) in [5.41, 5.74) is 0.768. The number of nitrogens with one attached hydrogen (secondary N) is 1. The molecule has 0 amide bonds. The fourth-order valence-corrected chi connectivity index (χ4v) is 3.35. The summed E-state index contributed by atoms with van der Waals surface area (Å²) in [4.78, 5) is 10.5. The van der Waals surface area contributed by atoms with Crippen LogP contribution in [0.3, 0.4) is 0 Å². The summed E-state index contributed by atoms with van der Waals surface area (Å²) < 4.78 is 0. The molecule has 0 radical (unpaired) electrons. The van der Waals surface area contributed by atoms with Gasteiger partial charge in [-0.2, -0.15) is 0 Å². The van der Waals surface area contributed by atoms with Crippen LogP contribution in [0.4, 0.5) is 11.4 Å². The minimum absolute atomic E-state index is 0.0828. The van der Waals surface area contributed by atoms with Crippen LogP contribution in [0.2, 0.25) is 5.02 Å². The van der Waals surface area contributed by atoms with Crippen molar-refractivity contribution in [1.82, 2.24) is 0 Å². The van der Waals surface area contributed by atoms with Gasteiger partial charge < -0.3 is 5.32 Å². The van der Waals surface area contributed by atoms with E-state index < -0.39 is 0 Å². The number of halogens is 1. The molecule has 0 saturated heterocycles. The van der Waals surface area contributed by atoms with E-state index in [4.69, 9.17) is 11.6 Å². The number of nitro benzene ring substituents is 1. The van der Waals surface area contributed by atoms with E-state index >= 15 is 0 Å². The van der Waals surface area contributed by atoms with Crippen molar-refractivity contribution in [3.8, 4) is 0 Å². The molecule has 1 aliphatic rings. The van der Waals surface area contributed by atoms with Crippen molar-refractivity contribution in [2.75, 3.05) is 5.32 Å². The monoisotopic (exact) mass is 310 g/mol. The SMILES string of the molecule is CCCC1CCCC(Nc2cc([N+](=O)[O-])ccc2Cl)CC1. The van der Waals surface area contributed by atoms with Crippen molar-refractivity contribution in [1.29, 1.82) is 0 Å². The van der Waals surface area contributed by atoms with Gasteiger partial charge in [0.05, 0.1) is 15.6 Å². The highest BCUT2D eigenvalue weighted by Gasteiger charge is 2.19. The van der Waals surface area contributed by atoms with Crippen LogP contribution in [-0.2, 0) is 0 Å². The Morgan fingerprint density at radius 1 is 1.33 bits per heavy atom. The van der Waals surface area contributed by atoms with Gasteiger partial charge in [0.1, 0.15) is 0 Å². The average molecular weight is 311 g/mol. The molecule has 1 N–H and O–H groups in total. The maximum absolute atomic E-state index is 10.9. The minimum atomic E-state index is -0.383. The van der Waals surface area contributed by atoms with Crippen LogP contribution >= 0.6 is 11.6 Å². The first kappa shape index (κ1) is 16.1. The first-order valence-corrected chi connectivity index (χ1v) is 8.18. The Hall–Kier alpha value is -1.29. The lowest BCUT2D eigenvalue weighted by atomic mass is 9.95. The van der Waals surface area contributed by atoms with Gasteiger partial charge in [0.15, 0.2) is 0 Å². The van der Waals surface area contributed by atoms with Gasteiger partial charge in [-0.1, -0.05) is 44.2 Å². The largest absolute Gasteiger partial charge is 0.381 e. The van der Waals surface area contributed by atoms with Crippen molar-refractivity contribution < 1.29 is 4.92 Å². The van der Waals surface area contributed by atoms with Gasteiger partial charge >= 0.3 is 0 Å². The first-order valence-electron chi connectivity index (χ1n) is 7.80. The lowest BCUT2D eigenvalue weighted by molar-refractivity contribution is -0.384. The highest BCUT2D eigenvalue weighted by Crippen LogP contribution is 2.31. The van der Waals surface area contributed by atoms with Crippen molar-refractivity contribution >= 4 is 23.0 Å². The number of rotatable bonds is 5. The van der Waals surface area contributed by atoms with Crippen molar-refractivity contribution in [2.24, 2.45) is 5.92 Å². The molecule has 1 aliphatic carbocycles. The average Bonchev–Trinajstić information content (AvgIpc) is 2.67. The summed E-state index contributed by atoms with van der Waals surface area (Å²) in [7, 11) is 0. The molecular weight excluding hydrogens is 288 g/mol. The third-order valence-electron chi connectivity index (χ3n) is 4.31. The number of hydrogen-bond acceptors (Lipinski definition) is 3. The number of nitrogens with zero attached hydrogens (tertiary/aromatic N) is 1. The van der Waals surface area contributed by atoms with E-state index in [9.17, 15) is 10.1 Å². The van der Waals surface area contributed by atoms with Crippen LogP contribution in [0.15, 0.2) is 18.2 Å². The van der Waals surface area contributed by atoms with Crippen LogP contribution in [0.5, 0.6) is 0 Å². The summed E-state index contributed by atoms with van der Waals surface area (Å²) in [6, 6.07) is 4.94. The second-order valence-corrected chi connectivity index (χ2v) is 6.33. The molecule has 1 saturated carbocycles. The Morgan fingerprint density at radius 3 is 2.86 bits per heavy atom. The topological polar surface area (TPSA) is 55.2 Å². The molecule has 0 aromatic heterocycles. The lowest BCUT2D eigenvalue weighted by Crippen LogP contribution is -2.18. The van der Waals surface area contributed by atoms with Gasteiger partial charge in [-0.3, -0.25) is 10.1 Å². The van der Waals surface area contributed by atoms with Crippen LogP contribution in [-0.4, -0.2) is 11.0 Å². The quantitative estimate of drug-likeness (QED) is 0.449. The second kappa shape index (κ2) is 7.64. The van der Waals surface area contributed by atoms with Gasteiger partial charge in [-0.25, -0.2) is 0 Å². The van der Waals surface area contributed by atoms with E-state index in [1.165, 1.54) is 44.2 Å². The van der Waals surface area contributed by atoms with E-state index in [1.54, 1.807) is 6.07 Å². The zero-order chi connectivity index (χ0) is 15.2. The molecule has 0 bridgehead atoms. The molecule has 1 aromatic carbocycles. The van der Waals surface area contributed by atoms with Gasteiger partial charge in [-0.05, 0) is 31.2 Å². The van der Waals surface area contributed by atoms with Gasteiger partial charge in [0, 0.05) is 18.2 Å². The maximum atomic E-state index is 10.9. The third-order valence-corrected chi connectivity index (χ3v) is 4.64. The Morgan fingerprint density at radius 2 is 2.14 bits per heavy atom. The molecule has 0 spiro atoms. The third kappa shape index (κ3) is 4.60. The molecule has 5 heteroatoms. The Balaban J connectivity index is 2.01. The molecule has 1 aromatic rings. The zero-order valence-electron chi connectivity index (χ0n) is 12.5. The van der Waals surface area contributed by atoms with E-state index in [2.05, 4.69) is 12.2 Å². The molecule has 2 atom stereocenters. The van der Waals surface area contributed by atoms with Crippen molar-refractivity contribution in [2.45, 2.75) is 57.9 Å². The number of hydrogen-bond donors (Lipinski definition) is 1. The smallest absolute Gasteiger partial charge is 0.271 e. The molecule has 21 heavy (non-hydrogen) atoms. The summed E-state index contributed by atoms with van der Waals surface area (Å²) in [5.74, 6) is 0.836. The highest BCUT2D eigenvalue weighted by molar-refractivity contribution is 6.33. The molecule has 2 unspecified atom stereocenters. The Bertz CT molecular complexity index is 493. The normalized spacial score (nSPS) is 22.6. The van der Waals surface area contributed by atoms with Crippen molar-refractivity contribution in [3.63, 3.8) is 0 Å². The summed E-state index contributed by atoms with van der Waals surface area (Å²) in [5, 5.41) is 14.8. The predicted molar refractivity (Wildman–Crippen MR) is 87.0 cm³/mol. The molecule has 116 valence electrons. The van der Waals surface area contributed by atoms with Crippen LogP contribution in [0.1, 0.15) is 51.9 Å². The second-order valence-electron chi connectivity index (χ2n) is 5.93. The Labute approximate surface area is 131 Å². The van der Waals surface area contributed by atoms with Crippen molar-refractivity contribution in [3.05, 3.63) is 33.3 Å². The first-order chi connectivity index (χ1) is 10.1. The molecule has 0 aliphatic heterocycles. The fourth-order valence-electron chi connectivity index (χ4n) is 3.18. The van der Waals surface area contributed by atoms with E-state index in [1.807, 2.05) is 0 Å². The highest BCUT2D eigenvalue weighted by atomic mass is 35.5. The summed E-state index contributed by atoms with van der Waals surface area (Å²) >= 11 is 6.15. The number of anilines is 1. The molecule has 2 rings (SSSR count). The molecule has 0 heterocycles. The lowest BCUT2D eigenvalue weighted by Gasteiger charge is -2.19. The van der Waals surface area contributed by atoms with E-state index in [0.29, 0.717) is 16.8 Å². The Kier molecular flexibility index (Phi) is 5.85. The molecular formula is C16H23ClN2O2. The van der Waals surface area contributed by atoms with Gasteiger partial charge in [0.2, 0.25) is 0 Å². The van der Waals surface area contributed by atoms with E-state index in [0.717, 1.165) is 18.8 Å². The van der Waals surface area contributed by atoms with Crippen LogP contribution in [0, 0.1) is 16.0 Å². The fraction of sp³-hybridized carbons (Fsp3) is 0.625. The van der Waals surface area contributed by atoms with Crippen LogP contribution < -0.4 is 5.32 Å². The van der Waals surface area contributed by atoms with Crippen LogP contribution in [0.25, 0.3) is 0 Å². The molecule has 1 fully saturated rings. The molecule has 4 nitrogen and oxygen atoms in total. The minimum Gasteiger partial charge on any atom is -0.381 e.